The fourth-order valence-electron chi connectivity index (χ4n) is 3.36. The van der Waals surface area contributed by atoms with E-state index in [4.69, 9.17) is 0 Å². The normalized spacial score (nSPS) is 16.0. The Kier molecular flexibility index (Phi) is 5.16. The van der Waals surface area contributed by atoms with Gasteiger partial charge in [-0.1, -0.05) is 24.3 Å². The van der Waals surface area contributed by atoms with Gasteiger partial charge in [0.05, 0.1) is 29.9 Å². The Bertz CT molecular complexity index is 729. The molecule has 2 amide bonds. The molecule has 1 heterocycles. The van der Waals surface area contributed by atoms with E-state index in [-0.39, 0.29) is 18.7 Å². The maximum absolute atomic E-state index is 12.7. The zero-order valence-corrected chi connectivity index (χ0v) is 14.9. The van der Waals surface area contributed by atoms with E-state index < -0.39 is 0 Å². The quantitative estimate of drug-likeness (QED) is 0.876. The van der Waals surface area contributed by atoms with Crippen LogP contribution in [0.5, 0.6) is 0 Å². The Morgan fingerprint density at radius 2 is 2.21 bits per heavy atom. The molecule has 1 aliphatic carbocycles. The van der Waals surface area contributed by atoms with Crippen molar-refractivity contribution < 1.29 is 9.90 Å². The molecule has 24 heavy (non-hydrogen) atoms. The predicted octanol–water partition coefficient (Wildman–Crippen LogP) is 2.95. The minimum Gasteiger partial charge on any atom is -0.395 e. The van der Waals surface area contributed by atoms with Crippen LogP contribution >= 0.6 is 11.3 Å². The van der Waals surface area contributed by atoms with Gasteiger partial charge < -0.3 is 15.3 Å². The van der Waals surface area contributed by atoms with Gasteiger partial charge >= 0.3 is 6.03 Å². The van der Waals surface area contributed by atoms with Crippen LogP contribution in [0.4, 0.5) is 4.79 Å². The first-order chi connectivity index (χ1) is 11.6. The highest BCUT2D eigenvalue weighted by Crippen LogP contribution is 2.35. The Hall–Kier alpha value is -1.92. The molecule has 0 fully saturated rings. The molecule has 1 unspecified atom stereocenters. The highest BCUT2D eigenvalue weighted by molar-refractivity contribution is 7.11. The summed E-state index contributed by atoms with van der Waals surface area (Å²) < 4.78 is 0. The Labute approximate surface area is 146 Å². The zero-order valence-electron chi connectivity index (χ0n) is 14.1. The molecule has 0 aliphatic heterocycles. The Morgan fingerprint density at radius 1 is 1.42 bits per heavy atom. The average Bonchev–Trinajstić information content (AvgIpc) is 3.13. The van der Waals surface area contributed by atoms with Crippen LogP contribution < -0.4 is 5.32 Å². The maximum Gasteiger partial charge on any atom is 0.318 e. The highest BCUT2D eigenvalue weighted by Gasteiger charge is 2.30. The summed E-state index contributed by atoms with van der Waals surface area (Å²) in [5, 5.41) is 13.4. The van der Waals surface area contributed by atoms with Gasteiger partial charge in [-0.15, -0.1) is 11.3 Å². The number of aromatic nitrogens is 1. The van der Waals surface area contributed by atoms with Gasteiger partial charge in [0.1, 0.15) is 0 Å². The van der Waals surface area contributed by atoms with Gasteiger partial charge in [0.2, 0.25) is 0 Å². The lowest BCUT2D eigenvalue weighted by Gasteiger charge is -2.29. The van der Waals surface area contributed by atoms with Crippen molar-refractivity contribution in [1.82, 2.24) is 15.2 Å². The largest absolute Gasteiger partial charge is 0.395 e. The number of urea groups is 1. The van der Waals surface area contributed by atoms with Crippen molar-refractivity contribution in [3.8, 4) is 0 Å². The monoisotopic (exact) mass is 345 g/mol. The van der Waals surface area contributed by atoms with E-state index in [1.54, 1.807) is 16.2 Å². The van der Waals surface area contributed by atoms with Crippen molar-refractivity contribution in [2.45, 2.75) is 39.3 Å². The van der Waals surface area contributed by atoms with Gasteiger partial charge in [0.15, 0.2) is 0 Å². The number of aliphatic hydroxyl groups excluding tert-OH is 1. The van der Waals surface area contributed by atoms with Gasteiger partial charge in [0, 0.05) is 11.4 Å². The van der Waals surface area contributed by atoms with E-state index in [0.717, 1.165) is 28.4 Å². The number of aryl methyl sites for hydroxylation is 3. The molecule has 0 saturated heterocycles. The number of fused-ring (bicyclic) bond motifs is 1. The number of carbonyl (C=O) groups excluding carboxylic acids is 1. The number of amides is 2. The van der Waals surface area contributed by atoms with Crippen molar-refractivity contribution in [2.75, 3.05) is 13.2 Å². The summed E-state index contributed by atoms with van der Waals surface area (Å²) in [4.78, 5) is 20.0. The van der Waals surface area contributed by atoms with Crippen molar-refractivity contribution in [2.24, 2.45) is 0 Å². The minimum atomic E-state index is -0.143. The number of nitrogens with zero attached hydrogens (tertiary/aromatic N) is 2. The molecule has 6 heteroatoms. The van der Waals surface area contributed by atoms with Crippen LogP contribution in [0.15, 0.2) is 24.3 Å². The summed E-state index contributed by atoms with van der Waals surface area (Å²) in [6.07, 6.45) is 1.88. The average molecular weight is 345 g/mol. The van der Waals surface area contributed by atoms with Crippen LogP contribution in [0.3, 0.4) is 0 Å². The van der Waals surface area contributed by atoms with E-state index in [0.29, 0.717) is 13.1 Å². The standard InChI is InChI=1S/C18H23N3O2S/c1-12-16(20-13(2)24-12)11-19-18(23)21(9-10-22)17-8-7-14-5-3-4-6-15(14)17/h3-6,17,22H,7-11H2,1-2H3,(H,19,23). The predicted molar refractivity (Wildman–Crippen MR) is 95.1 cm³/mol. The number of aliphatic hydroxyl groups is 1. The number of benzene rings is 1. The number of hydrogen-bond acceptors (Lipinski definition) is 4. The molecule has 1 aromatic carbocycles. The Balaban J connectivity index is 1.71. The SMILES string of the molecule is Cc1nc(CNC(=O)N(CCO)C2CCc3ccccc32)c(C)s1. The first-order valence-electron chi connectivity index (χ1n) is 8.26. The molecule has 0 bridgehead atoms. The topological polar surface area (TPSA) is 65.5 Å². The van der Waals surface area contributed by atoms with Crippen LogP contribution in [0, 0.1) is 13.8 Å². The van der Waals surface area contributed by atoms with E-state index >= 15 is 0 Å². The number of hydrogen-bond donors (Lipinski definition) is 2. The van der Waals surface area contributed by atoms with Gasteiger partial charge in [-0.25, -0.2) is 9.78 Å². The number of thiazole rings is 1. The molecule has 1 atom stereocenters. The minimum absolute atomic E-state index is 0.0339. The molecule has 0 radical (unpaired) electrons. The number of rotatable bonds is 5. The smallest absolute Gasteiger partial charge is 0.318 e. The van der Waals surface area contributed by atoms with Gasteiger partial charge in [-0.2, -0.15) is 0 Å². The van der Waals surface area contributed by atoms with Crippen LogP contribution in [-0.4, -0.2) is 34.2 Å². The summed E-state index contributed by atoms with van der Waals surface area (Å²) in [6.45, 7) is 4.70. The van der Waals surface area contributed by atoms with Gasteiger partial charge in [0.25, 0.3) is 0 Å². The summed E-state index contributed by atoms with van der Waals surface area (Å²) in [5.41, 5.74) is 3.41. The second-order valence-corrected chi connectivity index (χ2v) is 7.47. The van der Waals surface area contributed by atoms with E-state index in [1.807, 2.05) is 26.0 Å². The molecular weight excluding hydrogens is 322 g/mol. The Morgan fingerprint density at radius 3 is 2.92 bits per heavy atom. The molecule has 3 rings (SSSR count). The van der Waals surface area contributed by atoms with Gasteiger partial charge in [-0.05, 0) is 37.8 Å². The summed E-state index contributed by atoms with van der Waals surface area (Å²) in [6, 6.07) is 8.13. The summed E-state index contributed by atoms with van der Waals surface area (Å²) >= 11 is 1.64. The summed E-state index contributed by atoms with van der Waals surface area (Å²) in [5.74, 6) is 0. The number of carbonyl (C=O) groups is 1. The third-order valence-electron chi connectivity index (χ3n) is 4.49. The third kappa shape index (κ3) is 3.44. The number of nitrogens with one attached hydrogen (secondary N) is 1. The van der Waals surface area contributed by atoms with Crippen LogP contribution in [0.25, 0.3) is 0 Å². The fourth-order valence-corrected chi connectivity index (χ4v) is 4.20. The molecule has 1 aliphatic rings. The third-order valence-corrected chi connectivity index (χ3v) is 5.41. The lowest BCUT2D eigenvalue weighted by atomic mass is 10.1. The zero-order chi connectivity index (χ0) is 17.1. The first-order valence-corrected chi connectivity index (χ1v) is 9.08. The van der Waals surface area contributed by atoms with Crippen LogP contribution in [-0.2, 0) is 13.0 Å². The molecule has 128 valence electrons. The van der Waals surface area contributed by atoms with Crippen LogP contribution in [0.1, 0.15) is 39.2 Å². The molecule has 2 N–H and O–H groups in total. The molecule has 0 spiro atoms. The second kappa shape index (κ2) is 7.32. The second-order valence-electron chi connectivity index (χ2n) is 6.06. The lowest BCUT2D eigenvalue weighted by Crippen LogP contribution is -2.43. The van der Waals surface area contributed by atoms with Crippen molar-refractivity contribution in [1.29, 1.82) is 0 Å². The molecular formula is C18H23N3O2S. The van der Waals surface area contributed by atoms with E-state index in [9.17, 15) is 9.90 Å². The highest BCUT2D eigenvalue weighted by atomic mass is 32.1. The van der Waals surface area contributed by atoms with Crippen molar-refractivity contribution in [3.63, 3.8) is 0 Å². The molecule has 0 saturated carbocycles. The van der Waals surface area contributed by atoms with Crippen molar-refractivity contribution >= 4 is 17.4 Å². The molecule has 5 nitrogen and oxygen atoms in total. The summed E-state index contributed by atoms with van der Waals surface area (Å²) in [7, 11) is 0. The van der Waals surface area contributed by atoms with Crippen LogP contribution in [0.2, 0.25) is 0 Å². The maximum atomic E-state index is 12.7. The first kappa shape index (κ1) is 16.9. The van der Waals surface area contributed by atoms with E-state index in [1.165, 1.54) is 11.1 Å². The lowest BCUT2D eigenvalue weighted by molar-refractivity contribution is 0.151. The van der Waals surface area contributed by atoms with Gasteiger partial charge in [-0.3, -0.25) is 0 Å². The fraction of sp³-hybridized carbons (Fsp3) is 0.444. The molecule has 2 aromatic rings. The van der Waals surface area contributed by atoms with Crippen molar-refractivity contribution in [3.05, 3.63) is 51.0 Å². The molecule has 1 aromatic heterocycles. The van der Waals surface area contributed by atoms with E-state index in [2.05, 4.69) is 22.4 Å².